The van der Waals surface area contributed by atoms with Gasteiger partial charge in [0.05, 0.1) is 0 Å². The van der Waals surface area contributed by atoms with Gasteiger partial charge in [0.15, 0.2) is 5.43 Å². The van der Waals surface area contributed by atoms with Gasteiger partial charge >= 0.3 is 0 Å². The highest BCUT2D eigenvalue weighted by molar-refractivity contribution is 5.16. The van der Waals surface area contributed by atoms with Crippen molar-refractivity contribution >= 4 is 0 Å². The summed E-state index contributed by atoms with van der Waals surface area (Å²) < 4.78 is 8.22. The molecule has 0 amide bonds. The normalized spacial score (nSPS) is 12.7. The molecule has 1 aliphatic carbocycles. The molecule has 3 N–H and O–H groups in total. The molecular weight excluding hydrogens is 993 g/mol. The van der Waals surface area contributed by atoms with Crippen LogP contribution < -0.4 is 5.43 Å². The minimum absolute atomic E-state index is 0. The number of hydroxylamine groups is 4. The van der Waals surface area contributed by atoms with Crippen molar-refractivity contribution in [3.05, 3.63) is 135 Å². The lowest BCUT2D eigenvalue weighted by molar-refractivity contribution is -0.694. The average Bonchev–Trinajstić information content (AvgIpc) is 3.92. The Balaban J connectivity index is -0.000000128. The first-order chi connectivity index (χ1) is 35.1. The van der Waals surface area contributed by atoms with Crippen molar-refractivity contribution in [2.45, 2.75) is 288 Å². The summed E-state index contributed by atoms with van der Waals surface area (Å²) in [6.07, 6.45) is 13.5. The zero-order valence-corrected chi connectivity index (χ0v) is 56.6. The van der Waals surface area contributed by atoms with Crippen molar-refractivity contribution in [1.29, 1.82) is 0 Å². The van der Waals surface area contributed by atoms with Crippen LogP contribution in [0.15, 0.2) is 120 Å². The van der Waals surface area contributed by atoms with E-state index >= 15 is 0 Å². The molecule has 470 valence electrons. The molecule has 80 heavy (non-hydrogen) atoms. The molecule has 0 saturated heterocycles. The van der Waals surface area contributed by atoms with E-state index in [4.69, 9.17) is 1.37 Å². The van der Waals surface area contributed by atoms with E-state index < -0.39 is 0 Å². The second-order valence-corrected chi connectivity index (χ2v) is 27.4. The van der Waals surface area contributed by atoms with Crippen molar-refractivity contribution in [2.24, 2.45) is 41.4 Å². The van der Waals surface area contributed by atoms with Crippen LogP contribution in [-0.4, -0.2) is 79.8 Å². The summed E-state index contributed by atoms with van der Waals surface area (Å²) in [6.45, 7) is 64.3. The van der Waals surface area contributed by atoms with Crippen LogP contribution in [0.25, 0.3) is 0 Å². The molecule has 0 fully saturated rings. The highest BCUT2D eigenvalue weighted by Gasteiger charge is 2.50. The van der Waals surface area contributed by atoms with Crippen LogP contribution in [-0.2, 0) is 0 Å². The monoisotopic (exact) mass is 1130 g/mol. The minimum Gasteiger partial charge on any atom is -0.870 e. The molecule has 10 heteroatoms. The highest BCUT2D eigenvalue weighted by atomic mass is 16.5. The largest absolute Gasteiger partial charge is 0.870 e. The zero-order valence-electron chi connectivity index (χ0n) is 57.6. The Hall–Kier alpha value is -3.80. The van der Waals surface area contributed by atoms with Crippen LogP contribution in [0.4, 0.5) is 0 Å². The predicted molar refractivity (Wildman–Crippen MR) is 354 cm³/mol. The van der Waals surface area contributed by atoms with Crippen LogP contribution in [0, 0.1) is 51.2 Å². The summed E-state index contributed by atoms with van der Waals surface area (Å²) in [5.74, 6) is 2.78. The number of allylic oxidation sites excluding steroid dienone is 6. The molecule has 0 atom stereocenters. The summed E-state index contributed by atoms with van der Waals surface area (Å²) in [4.78, 5) is 34.6. The molecule has 0 saturated carbocycles. The standard InChI is InChI=1S/2C12H27NO.C12H26NO.C10H22NO.C7H6O.C7H8.C7H7.3CH4.H2O/c3*1-9(2)11(5,6)13(14)12(7,8)10(3)4;1-8(2)10(6,7)11(12)9(3,4)5;8-7-5-3-1-2-4-6-7;2*1-2-4-6-7-5-3-1;;;;/h2*9-10,14H,1-8H3;9-10H,1-8H3;8H,1-7H3;1-6H;1-6H,7H2;1-7H;3*1H4;1H2/q;;2*+1;;;+1;;;;/p-1/i;;;;;;;1T;;;. The topological polar surface area (TPSA) is 134 Å². The molecule has 0 radical (unpaired) electrons. The average molecular weight is 1130 g/mol. The van der Waals surface area contributed by atoms with E-state index in [1.807, 2.05) is 129 Å². The molecule has 10 nitrogen and oxygen atoms in total. The van der Waals surface area contributed by atoms with Crippen molar-refractivity contribution < 1.29 is 26.8 Å². The van der Waals surface area contributed by atoms with Gasteiger partial charge in [-0.1, -0.05) is 180 Å². The third-order valence-electron chi connectivity index (χ3n) is 16.8. The molecule has 0 spiro atoms. The lowest BCUT2D eigenvalue weighted by Crippen LogP contribution is -2.58. The predicted octanol–water partition coefficient (Wildman–Crippen LogP) is 20.5. The Labute approximate surface area is 499 Å². The fourth-order valence-corrected chi connectivity index (χ4v) is 6.23. The molecule has 2 aromatic carbocycles. The maximum atomic E-state index is 12.3. The first-order valence-electron chi connectivity index (χ1n) is 29.4. The molecule has 0 aliphatic heterocycles. The third kappa shape index (κ3) is 33.3. The molecule has 0 unspecified atom stereocenters. The van der Waals surface area contributed by atoms with Crippen LogP contribution >= 0.6 is 0 Å². The van der Waals surface area contributed by atoms with E-state index in [0.717, 1.165) is 6.42 Å². The summed E-state index contributed by atoms with van der Waals surface area (Å²) in [6, 6.07) is 24.1. The summed E-state index contributed by atoms with van der Waals surface area (Å²) in [5.41, 5.74) is -1.87. The van der Waals surface area contributed by atoms with E-state index in [-0.39, 0.29) is 70.1 Å². The van der Waals surface area contributed by atoms with Gasteiger partial charge in [-0.05, 0) is 97.6 Å². The van der Waals surface area contributed by atoms with E-state index in [2.05, 4.69) is 177 Å². The molecule has 2 aromatic rings. The number of hydrogen-bond acceptors (Lipinski definition) is 8. The fourth-order valence-electron chi connectivity index (χ4n) is 6.23. The summed E-state index contributed by atoms with van der Waals surface area (Å²) >= 11 is 0. The van der Waals surface area contributed by atoms with Gasteiger partial charge in [-0.2, -0.15) is 10.1 Å². The lowest BCUT2D eigenvalue weighted by Gasteiger charge is -2.48. The van der Waals surface area contributed by atoms with Gasteiger partial charge in [0.2, 0.25) is 22.2 Å². The number of hydrogen-bond donors (Lipinski definition) is 2. The van der Waals surface area contributed by atoms with Gasteiger partial charge in [-0.15, -0.1) is 0 Å². The first kappa shape index (κ1) is 90.0. The minimum atomic E-state index is -0.298. The van der Waals surface area contributed by atoms with E-state index in [9.17, 15) is 25.0 Å². The first-order valence-corrected chi connectivity index (χ1v) is 28.4. The van der Waals surface area contributed by atoms with Gasteiger partial charge in [0.25, 0.3) is 0 Å². The van der Waals surface area contributed by atoms with Crippen LogP contribution in [0.1, 0.15) is 245 Å². The van der Waals surface area contributed by atoms with Crippen LogP contribution in [0.3, 0.4) is 0 Å². The Bertz CT molecular complexity index is 1870. The number of rotatable bonds is 14. The number of nitrogens with zero attached hydrogens (tertiary/aromatic N) is 4. The van der Waals surface area contributed by atoms with E-state index in [1.54, 1.807) is 12.1 Å². The second-order valence-electron chi connectivity index (χ2n) is 27.4. The fraction of sp³-hybridized carbons (Fsp3) is 0.714. The lowest BCUT2D eigenvalue weighted by atomic mass is 9.82. The third-order valence-corrected chi connectivity index (χ3v) is 16.8. The zero-order chi connectivity index (χ0) is 63.1. The van der Waals surface area contributed by atoms with Gasteiger partial charge < -0.3 is 15.9 Å². The molecular formula is C70H136N4O6+2. The van der Waals surface area contributed by atoms with Crippen molar-refractivity contribution in [3.8, 4) is 0 Å². The second kappa shape index (κ2) is 41.2. The SMILES string of the molecule is C.C.C1=CC=CCC=C1.CC(C)C(C)(C)N(O)C(C)(C)C(C)C.CC(C)C(C)(C)N(O)C(C)(C)C(C)C.CC(C)C(C)(C)[N+](=O)C(C)(C)C.CC(C)C(C)(C)[N+](=O)C(C)(C)C(C)C.O=c1cccccc1.[3H]C.[OH-].c1ccc[cH+]cc1. The summed E-state index contributed by atoms with van der Waals surface area (Å²) in [7, 11) is 1.25. The van der Waals surface area contributed by atoms with Crippen molar-refractivity contribution in [1.82, 2.24) is 10.1 Å². The highest BCUT2D eigenvalue weighted by Crippen LogP contribution is 2.35. The summed E-state index contributed by atoms with van der Waals surface area (Å²) in [5, 5.41) is 23.6. The van der Waals surface area contributed by atoms with Gasteiger partial charge in [-0.3, -0.25) is 4.79 Å². The van der Waals surface area contributed by atoms with Crippen molar-refractivity contribution in [2.75, 3.05) is 0 Å². The number of nitroso groups, excluding NO2 is 2. The Kier molecular flexibility index (Phi) is 46.4. The molecule has 3 rings (SSSR count). The van der Waals surface area contributed by atoms with Gasteiger partial charge in [0.1, 0.15) is 0 Å². The van der Waals surface area contributed by atoms with Crippen LogP contribution in [0.5, 0.6) is 0 Å². The quantitative estimate of drug-likeness (QED) is 0.109. The Morgan fingerprint density at radius 3 is 0.875 bits per heavy atom. The van der Waals surface area contributed by atoms with E-state index in [1.165, 1.54) is 39.2 Å². The van der Waals surface area contributed by atoms with Gasteiger partial charge in [-0.25, -0.2) is 0 Å². The van der Waals surface area contributed by atoms with E-state index in [0.29, 0.717) is 41.4 Å². The smallest absolute Gasteiger partial charge is 0.207 e. The molecule has 0 heterocycles. The van der Waals surface area contributed by atoms with Crippen LogP contribution in [0.2, 0.25) is 0 Å². The molecule has 0 bridgehead atoms. The van der Waals surface area contributed by atoms with Gasteiger partial charge in [0, 0.05) is 165 Å². The Morgan fingerprint density at radius 2 is 0.662 bits per heavy atom. The molecule has 0 aromatic heterocycles. The maximum Gasteiger partial charge on any atom is 0.207 e. The Morgan fingerprint density at radius 1 is 0.425 bits per heavy atom. The molecule has 1 aliphatic rings. The van der Waals surface area contributed by atoms with Crippen molar-refractivity contribution in [3.63, 3.8) is 0 Å². The maximum absolute atomic E-state index is 12.3.